The van der Waals surface area contributed by atoms with Gasteiger partial charge in [0.25, 0.3) is 0 Å². The van der Waals surface area contributed by atoms with E-state index in [-0.39, 0.29) is 6.42 Å². The largest absolute Gasteiger partial charge is 0.481 e. The third-order valence-electron chi connectivity index (χ3n) is 1.40. The van der Waals surface area contributed by atoms with E-state index in [1.54, 1.807) is 6.08 Å². The van der Waals surface area contributed by atoms with Gasteiger partial charge in [-0.25, -0.2) is 0 Å². The maximum Gasteiger partial charge on any atom is 0.307 e. The smallest absolute Gasteiger partial charge is 0.307 e. The van der Waals surface area contributed by atoms with Crippen molar-refractivity contribution >= 4 is 5.97 Å². The lowest BCUT2D eigenvalue weighted by Crippen LogP contribution is -1.89. The Morgan fingerprint density at radius 2 is 2.18 bits per heavy atom. The van der Waals surface area contributed by atoms with Crippen LogP contribution in [0.2, 0.25) is 0 Å². The van der Waals surface area contributed by atoms with Crippen LogP contribution in [-0.2, 0) is 4.79 Å². The fourth-order valence-electron chi connectivity index (χ4n) is 0.729. The Morgan fingerprint density at radius 3 is 2.55 bits per heavy atom. The van der Waals surface area contributed by atoms with Gasteiger partial charge in [0.1, 0.15) is 0 Å². The van der Waals surface area contributed by atoms with Gasteiger partial charge in [-0.15, -0.1) is 0 Å². The molecule has 0 aliphatic rings. The van der Waals surface area contributed by atoms with Crippen molar-refractivity contribution in [1.29, 1.82) is 0 Å². The van der Waals surface area contributed by atoms with E-state index in [0.29, 0.717) is 0 Å². The molecule has 11 heavy (non-hydrogen) atoms. The van der Waals surface area contributed by atoms with Gasteiger partial charge < -0.3 is 5.11 Å². The van der Waals surface area contributed by atoms with E-state index >= 15 is 0 Å². The number of rotatable bonds is 4. The maximum absolute atomic E-state index is 10.1. The molecule has 0 saturated heterocycles. The molecule has 0 saturated carbocycles. The van der Waals surface area contributed by atoms with Crippen molar-refractivity contribution in [1.82, 2.24) is 0 Å². The summed E-state index contributed by atoms with van der Waals surface area (Å²) < 4.78 is 0. The number of aliphatic carboxylic acids is 1. The lowest BCUT2D eigenvalue weighted by molar-refractivity contribution is -0.135. The SMILES string of the molecule is CC=C(C=CCC(=O)O)CC. The van der Waals surface area contributed by atoms with Crippen molar-refractivity contribution in [3.63, 3.8) is 0 Å². The molecular formula is C9H14O2. The zero-order valence-electron chi connectivity index (χ0n) is 7.00. The van der Waals surface area contributed by atoms with Crippen molar-refractivity contribution in [2.24, 2.45) is 0 Å². The molecular weight excluding hydrogens is 140 g/mol. The zero-order chi connectivity index (χ0) is 8.69. The zero-order valence-corrected chi connectivity index (χ0v) is 7.00. The van der Waals surface area contributed by atoms with Crippen molar-refractivity contribution in [2.75, 3.05) is 0 Å². The van der Waals surface area contributed by atoms with Gasteiger partial charge in [-0.2, -0.15) is 0 Å². The Morgan fingerprint density at radius 1 is 1.55 bits per heavy atom. The Bertz CT molecular complexity index is 178. The van der Waals surface area contributed by atoms with E-state index < -0.39 is 5.97 Å². The highest BCUT2D eigenvalue weighted by atomic mass is 16.4. The average molecular weight is 154 g/mol. The van der Waals surface area contributed by atoms with E-state index in [0.717, 1.165) is 6.42 Å². The molecule has 1 N–H and O–H groups in total. The molecule has 0 rings (SSSR count). The topological polar surface area (TPSA) is 37.3 Å². The van der Waals surface area contributed by atoms with Crippen LogP contribution in [0.4, 0.5) is 0 Å². The van der Waals surface area contributed by atoms with Gasteiger partial charge in [-0.1, -0.05) is 30.7 Å². The van der Waals surface area contributed by atoms with Crippen LogP contribution in [0.25, 0.3) is 0 Å². The fourth-order valence-corrected chi connectivity index (χ4v) is 0.729. The van der Waals surface area contributed by atoms with Gasteiger partial charge in [-0.3, -0.25) is 4.79 Å². The second kappa shape index (κ2) is 5.71. The molecule has 0 unspecified atom stereocenters. The highest BCUT2D eigenvalue weighted by molar-refractivity contribution is 5.68. The molecule has 0 aromatic carbocycles. The molecule has 2 heteroatoms. The molecule has 0 fully saturated rings. The lowest BCUT2D eigenvalue weighted by atomic mass is 10.2. The summed E-state index contributed by atoms with van der Waals surface area (Å²) in [5.74, 6) is -0.784. The lowest BCUT2D eigenvalue weighted by Gasteiger charge is -1.92. The van der Waals surface area contributed by atoms with Gasteiger partial charge in [0.15, 0.2) is 0 Å². The summed E-state index contributed by atoms with van der Waals surface area (Å²) in [6.07, 6.45) is 6.57. The van der Waals surface area contributed by atoms with Crippen LogP contribution >= 0.6 is 0 Å². The van der Waals surface area contributed by atoms with Crippen LogP contribution in [-0.4, -0.2) is 11.1 Å². The van der Waals surface area contributed by atoms with Crippen LogP contribution < -0.4 is 0 Å². The average Bonchev–Trinajstić information content (AvgIpc) is 1.98. The maximum atomic E-state index is 10.1. The normalized spacial score (nSPS) is 12.4. The predicted molar refractivity (Wildman–Crippen MR) is 45.4 cm³/mol. The molecule has 0 aliphatic heterocycles. The Kier molecular flexibility index (Phi) is 5.17. The number of allylic oxidation sites excluding steroid dienone is 3. The van der Waals surface area contributed by atoms with Crippen molar-refractivity contribution in [2.45, 2.75) is 26.7 Å². The highest BCUT2D eigenvalue weighted by Crippen LogP contribution is 2.02. The van der Waals surface area contributed by atoms with Gasteiger partial charge in [0.05, 0.1) is 6.42 Å². The van der Waals surface area contributed by atoms with E-state index in [1.807, 2.05) is 26.0 Å². The number of carbonyl (C=O) groups is 1. The van der Waals surface area contributed by atoms with E-state index in [2.05, 4.69) is 0 Å². The summed E-state index contributed by atoms with van der Waals surface area (Å²) in [5, 5.41) is 8.30. The summed E-state index contributed by atoms with van der Waals surface area (Å²) in [5.41, 5.74) is 1.17. The first-order valence-electron chi connectivity index (χ1n) is 3.74. The van der Waals surface area contributed by atoms with Crippen LogP contribution in [0.5, 0.6) is 0 Å². The molecule has 0 aromatic heterocycles. The first-order valence-corrected chi connectivity index (χ1v) is 3.74. The van der Waals surface area contributed by atoms with Crippen LogP contribution in [0, 0.1) is 0 Å². The molecule has 0 aliphatic carbocycles. The molecule has 0 bridgehead atoms. The first-order chi connectivity index (χ1) is 5.20. The van der Waals surface area contributed by atoms with E-state index in [9.17, 15) is 4.79 Å². The quantitative estimate of drug-likeness (QED) is 0.631. The number of hydrogen-bond donors (Lipinski definition) is 1. The van der Waals surface area contributed by atoms with Gasteiger partial charge in [0, 0.05) is 0 Å². The molecule has 2 nitrogen and oxygen atoms in total. The minimum absolute atomic E-state index is 0.108. The second-order valence-electron chi connectivity index (χ2n) is 2.22. The number of carboxylic acids is 1. The summed E-state index contributed by atoms with van der Waals surface area (Å²) in [7, 11) is 0. The third-order valence-corrected chi connectivity index (χ3v) is 1.40. The molecule has 62 valence electrons. The standard InChI is InChI=1S/C9H14O2/c1-3-8(4-2)6-5-7-9(10)11/h3,5-6H,4,7H2,1-2H3,(H,10,11). The second-order valence-corrected chi connectivity index (χ2v) is 2.22. The molecule has 0 aromatic rings. The van der Waals surface area contributed by atoms with E-state index in [4.69, 9.17) is 5.11 Å². The van der Waals surface area contributed by atoms with Gasteiger partial charge >= 0.3 is 5.97 Å². The Hall–Kier alpha value is -1.05. The number of carboxylic acid groups (broad SMARTS) is 1. The molecule has 0 amide bonds. The molecule has 0 spiro atoms. The molecule has 0 radical (unpaired) electrons. The van der Waals surface area contributed by atoms with Crippen molar-refractivity contribution in [3.8, 4) is 0 Å². The van der Waals surface area contributed by atoms with Crippen LogP contribution in [0.1, 0.15) is 26.7 Å². The van der Waals surface area contributed by atoms with E-state index in [1.165, 1.54) is 5.57 Å². The van der Waals surface area contributed by atoms with Crippen LogP contribution in [0.15, 0.2) is 23.8 Å². The molecule has 0 heterocycles. The Balaban J connectivity index is 3.81. The number of hydrogen-bond acceptors (Lipinski definition) is 1. The minimum Gasteiger partial charge on any atom is -0.481 e. The molecule has 0 atom stereocenters. The van der Waals surface area contributed by atoms with Crippen molar-refractivity contribution < 1.29 is 9.90 Å². The first kappa shape index (κ1) is 9.95. The van der Waals surface area contributed by atoms with Gasteiger partial charge in [-0.05, 0) is 13.3 Å². The summed E-state index contributed by atoms with van der Waals surface area (Å²) in [6, 6.07) is 0. The summed E-state index contributed by atoms with van der Waals surface area (Å²) >= 11 is 0. The van der Waals surface area contributed by atoms with Crippen LogP contribution in [0.3, 0.4) is 0 Å². The summed E-state index contributed by atoms with van der Waals surface area (Å²) in [4.78, 5) is 10.1. The summed E-state index contributed by atoms with van der Waals surface area (Å²) in [6.45, 7) is 3.99. The highest BCUT2D eigenvalue weighted by Gasteiger charge is 1.89. The monoisotopic (exact) mass is 154 g/mol. The minimum atomic E-state index is -0.784. The van der Waals surface area contributed by atoms with Crippen molar-refractivity contribution in [3.05, 3.63) is 23.8 Å². The Labute approximate surface area is 67.2 Å². The third kappa shape index (κ3) is 5.40. The fraction of sp³-hybridized carbons (Fsp3) is 0.444. The predicted octanol–water partition coefficient (Wildman–Crippen LogP) is 2.37. The van der Waals surface area contributed by atoms with Gasteiger partial charge in [0.2, 0.25) is 0 Å².